The number of nitrogens with one attached hydrogen (secondary N) is 1. The first-order valence-corrected chi connectivity index (χ1v) is 9.06. The summed E-state index contributed by atoms with van der Waals surface area (Å²) < 4.78 is 0. The molecule has 0 saturated carbocycles. The highest BCUT2D eigenvalue weighted by molar-refractivity contribution is 5.74. The van der Waals surface area contributed by atoms with E-state index in [2.05, 4.69) is 27.0 Å². The topological polar surface area (TPSA) is 51.7 Å². The minimum atomic E-state index is 0.0564. The van der Waals surface area contributed by atoms with E-state index in [0.29, 0.717) is 12.6 Å². The van der Waals surface area contributed by atoms with E-state index in [4.69, 9.17) is 0 Å². The molecule has 2 saturated heterocycles. The fourth-order valence-corrected chi connectivity index (χ4v) is 3.65. The second kappa shape index (κ2) is 7.94. The number of nitrogens with zero attached hydrogens (tertiary/aromatic N) is 4. The maximum atomic E-state index is 12.4. The molecule has 0 aromatic carbocycles. The molecule has 0 unspecified atom stereocenters. The summed E-state index contributed by atoms with van der Waals surface area (Å²) >= 11 is 0. The van der Waals surface area contributed by atoms with Crippen LogP contribution in [0, 0.1) is 6.92 Å². The lowest BCUT2D eigenvalue weighted by molar-refractivity contribution is 0.102. The van der Waals surface area contributed by atoms with Crippen LogP contribution < -0.4 is 5.32 Å². The van der Waals surface area contributed by atoms with Gasteiger partial charge in [-0.1, -0.05) is 6.92 Å². The van der Waals surface area contributed by atoms with Gasteiger partial charge in [-0.2, -0.15) is 0 Å². The fourth-order valence-electron chi connectivity index (χ4n) is 3.65. The molecule has 2 aliphatic heterocycles. The number of piperazine rings is 1. The second-order valence-corrected chi connectivity index (χ2v) is 6.82. The number of pyridine rings is 1. The first-order valence-electron chi connectivity index (χ1n) is 9.06. The number of aromatic nitrogens is 1. The van der Waals surface area contributed by atoms with Crippen LogP contribution in [-0.4, -0.2) is 77.6 Å². The molecule has 2 aliphatic rings. The van der Waals surface area contributed by atoms with Crippen molar-refractivity contribution in [3.63, 3.8) is 0 Å². The maximum absolute atomic E-state index is 12.4. The van der Waals surface area contributed by atoms with Gasteiger partial charge < -0.3 is 15.1 Å². The third kappa shape index (κ3) is 4.05. The van der Waals surface area contributed by atoms with Gasteiger partial charge in [0.15, 0.2) is 0 Å². The van der Waals surface area contributed by atoms with Crippen LogP contribution in [0.4, 0.5) is 4.79 Å². The molecule has 6 nitrogen and oxygen atoms in total. The largest absolute Gasteiger partial charge is 0.334 e. The van der Waals surface area contributed by atoms with Gasteiger partial charge in [0.25, 0.3) is 0 Å². The molecule has 0 radical (unpaired) electrons. The highest BCUT2D eigenvalue weighted by Gasteiger charge is 2.31. The molecule has 3 heterocycles. The van der Waals surface area contributed by atoms with Gasteiger partial charge in [0.05, 0.1) is 0 Å². The molecule has 1 N–H and O–H groups in total. The SMILES string of the molecule is CCN1CCN([C@@H]2CCN(C(=O)NCc3ccncc3C)C2)CC1. The summed E-state index contributed by atoms with van der Waals surface area (Å²) in [5.41, 5.74) is 2.25. The molecule has 3 rings (SSSR count). The van der Waals surface area contributed by atoms with E-state index in [1.165, 1.54) is 0 Å². The van der Waals surface area contributed by atoms with E-state index in [9.17, 15) is 4.79 Å². The molecule has 2 fully saturated rings. The number of amides is 2. The zero-order chi connectivity index (χ0) is 16.9. The number of hydrogen-bond acceptors (Lipinski definition) is 4. The fraction of sp³-hybridized carbons (Fsp3) is 0.667. The highest BCUT2D eigenvalue weighted by atomic mass is 16.2. The van der Waals surface area contributed by atoms with Gasteiger partial charge in [0.2, 0.25) is 0 Å². The van der Waals surface area contributed by atoms with Gasteiger partial charge in [-0.05, 0) is 37.1 Å². The van der Waals surface area contributed by atoms with Crippen LogP contribution in [0.5, 0.6) is 0 Å². The normalized spacial score (nSPS) is 22.8. The summed E-state index contributed by atoms with van der Waals surface area (Å²) in [6, 6.07) is 2.55. The van der Waals surface area contributed by atoms with Crippen LogP contribution in [0.3, 0.4) is 0 Å². The molecular formula is C18H29N5O. The number of carbonyl (C=O) groups is 1. The van der Waals surface area contributed by atoms with E-state index in [1.54, 1.807) is 6.20 Å². The van der Waals surface area contributed by atoms with Crippen LogP contribution in [0.25, 0.3) is 0 Å². The Labute approximate surface area is 144 Å². The average Bonchev–Trinajstić information content (AvgIpc) is 3.11. The smallest absolute Gasteiger partial charge is 0.317 e. The summed E-state index contributed by atoms with van der Waals surface area (Å²) in [6.07, 6.45) is 4.70. The number of carbonyl (C=O) groups excluding carboxylic acids is 1. The zero-order valence-electron chi connectivity index (χ0n) is 14.9. The Morgan fingerprint density at radius 3 is 2.79 bits per heavy atom. The van der Waals surface area contributed by atoms with Gasteiger partial charge in [-0.25, -0.2) is 4.79 Å². The Balaban J connectivity index is 1.45. The van der Waals surface area contributed by atoms with E-state index in [0.717, 1.165) is 63.4 Å². The Hall–Kier alpha value is -1.66. The summed E-state index contributed by atoms with van der Waals surface area (Å²) in [4.78, 5) is 23.5. The minimum absolute atomic E-state index is 0.0564. The van der Waals surface area contributed by atoms with Crippen molar-refractivity contribution in [3.8, 4) is 0 Å². The Morgan fingerprint density at radius 1 is 1.29 bits per heavy atom. The molecule has 0 spiro atoms. The number of likely N-dealkylation sites (tertiary alicyclic amines) is 1. The molecule has 1 aromatic rings. The van der Waals surface area contributed by atoms with Crippen LogP contribution in [-0.2, 0) is 6.54 Å². The van der Waals surface area contributed by atoms with E-state index in [1.807, 2.05) is 24.1 Å². The lowest BCUT2D eigenvalue weighted by Crippen LogP contribution is -2.51. The monoisotopic (exact) mass is 331 g/mol. The van der Waals surface area contributed by atoms with E-state index in [-0.39, 0.29) is 6.03 Å². The third-order valence-electron chi connectivity index (χ3n) is 5.39. The van der Waals surface area contributed by atoms with Gasteiger partial charge in [0, 0.05) is 64.2 Å². The first kappa shape index (κ1) is 17.2. The highest BCUT2D eigenvalue weighted by Crippen LogP contribution is 2.17. The van der Waals surface area contributed by atoms with Gasteiger partial charge in [-0.15, -0.1) is 0 Å². The van der Waals surface area contributed by atoms with E-state index < -0.39 is 0 Å². The predicted molar refractivity (Wildman–Crippen MR) is 94.9 cm³/mol. The first-order chi connectivity index (χ1) is 11.7. The van der Waals surface area contributed by atoms with Crippen LogP contribution in [0.15, 0.2) is 18.5 Å². The molecule has 24 heavy (non-hydrogen) atoms. The molecule has 0 aliphatic carbocycles. The quantitative estimate of drug-likeness (QED) is 0.904. The number of urea groups is 1. The zero-order valence-corrected chi connectivity index (χ0v) is 14.9. The Morgan fingerprint density at radius 2 is 2.08 bits per heavy atom. The summed E-state index contributed by atoms with van der Waals surface area (Å²) in [7, 11) is 0. The van der Waals surface area contributed by atoms with Crippen LogP contribution >= 0.6 is 0 Å². The van der Waals surface area contributed by atoms with Crippen molar-refractivity contribution in [3.05, 3.63) is 29.6 Å². The molecule has 2 amide bonds. The second-order valence-electron chi connectivity index (χ2n) is 6.82. The number of likely N-dealkylation sites (N-methyl/N-ethyl adjacent to an activating group) is 1. The van der Waals surface area contributed by atoms with Gasteiger partial charge in [0.1, 0.15) is 0 Å². The number of rotatable bonds is 4. The van der Waals surface area contributed by atoms with Crippen molar-refractivity contribution < 1.29 is 4.79 Å². The van der Waals surface area contributed by atoms with Crippen molar-refractivity contribution in [2.24, 2.45) is 0 Å². The van der Waals surface area contributed by atoms with E-state index >= 15 is 0 Å². The Bertz CT molecular complexity index is 556. The van der Waals surface area contributed by atoms with Crippen molar-refractivity contribution >= 4 is 6.03 Å². The number of aryl methyl sites for hydroxylation is 1. The number of hydrogen-bond donors (Lipinski definition) is 1. The molecule has 0 bridgehead atoms. The standard InChI is InChI=1S/C18H29N5O/c1-3-21-8-10-22(11-9-21)17-5-7-23(14-17)18(24)20-13-16-4-6-19-12-15(16)2/h4,6,12,17H,3,5,7-11,13-14H2,1-2H3,(H,20,24)/t17-/m1/s1. The lowest BCUT2D eigenvalue weighted by atomic mass is 10.1. The maximum Gasteiger partial charge on any atom is 0.317 e. The van der Waals surface area contributed by atoms with Gasteiger partial charge >= 0.3 is 6.03 Å². The Kier molecular flexibility index (Phi) is 5.68. The van der Waals surface area contributed by atoms with Crippen molar-refractivity contribution in [1.82, 2.24) is 25.0 Å². The van der Waals surface area contributed by atoms with Crippen molar-refractivity contribution in [2.75, 3.05) is 45.8 Å². The molecule has 1 aromatic heterocycles. The van der Waals surface area contributed by atoms with Crippen LogP contribution in [0.1, 0.15) is 24.5 Å². The lowest BCUT2D eigenvalue weighted by Gasteiger charge is -2.37. The summed E-state index contributed by atoms with van der Waals surface area (Å²) in [6.45, 7) is 12.2. The summed E-state index contributed by atoms with van der Waals surface area (Å²) in [5, 5.41) is 3.05. The summed E-state index contributed by atoms with van der Waals surface area (Å²) in [5.74, 6) is 0. The predicted octanol–water partition coefficient (Wildman–Crippen LogP) is 1.31. The minimum Gasteiger partial charge on any atom is -0.334 e. The van der Waals surface area contributed by atoms with Crippen LogP contribution in [0.2, 0.25) is 0 Å². The van der Waals surface area contributed by atoms with Gasteiger partial charge in [-0.3, -0.25) is 9.88 Å². The molecule has 132 valence electrons. The average molecular weight is 331 g/mol. The molecule has 6 heteroatoms. The third-order valence-corrected chi connectivity index (χ3v) is 5.39. The molecule has 1 atom stereocenters. The van der Waals surface area contributed by atoms with Crippen molar-refractivity contribution in [2.45, 2.75) is 32.9 Å². The molecular weight excluding hydrogens is 302 g/mol. The van der Waals surface area contributed by atoms with Crippen molar-refractivity contribution in [1.29, 1.82) is 0 Å².